The average Bonchev–Trinajstić information content (AvgIpc) is 3.18. The van der Waals surface area contributed by atoms with Crippen molar-refractivity contribution in [1.82, 2.24) is 0 Å². The molecule has 0 aromatic rings. The fourth-order valence-electron chi connectivity index (χ4n) is 6.06. The Bertz CT molecular complexity index is 479. The van der Waals surface area contributed by atoms with Crippen molar-refractivity contribution in [2.45, 2.75) is 68.9 Å². The van der Waals surface area contributed by atoms with Gasteiger partial charge in [0.15, 0.2) is 0 Å². The Labute approximate surface area is 140 Å². The lowest BCUT2D eigenvalue weighted by Crippen LogP contribution is -2.45. The molecule has 0 N–H and O–H groups in total. The molecule has 114 valence electrons. The predicted octanol–water partition coefficient (Wildman–Crippen LogP) is 5.32. The van der Waals surface area contributed by atoms with Crippen molar-refractivity contribution in [3.8, 4) is 0 Å². The van der Waals surface area contributed by atoms with Crippen LogP contribution >= 0.6 is 39.1 Å². The lowest BCUT2D eigenvalue weighted by molar-refractivity contribution is 0.0571. The van der Waals surface area contributed by atoms with Gasteiger partial charge in [-0.1, -0.05) is 43.1 Å². The highest BCUT2D eigenvalue weighted by atomic mass is 79.9. The largest absolute Gasteiger partial charge is 0.365 e. The van der Waals surface area contributed by atoms with E-state index in [0.29, 0.717) is 12.0 Å². The monoisotopic (exact) mass is 380 g/mol. The van der Waals surface area contributed by atoms with Crippen molar-refractivity contribution in [2.24, 2.45) is 22.2 Å². The average molecular weight is 382 g/mol. The van der Waals surface area contributed by atoms with Crippen LogP contribution in [-0.4, -0.2) is 21.4 Å². The van der Waals surface area contributed by atoms with Crippen molar-refractivity contribution in [3.05, 3.63) is 0 Å². The molecule has 4 aliphatic rings. The van der Waals surface area contributed by atoms with Crippen molar-refractivity contribution in [2.75, 3.05) is 5.33 Å². The van der Waals surface area contributed by atoms with E-state index in [1.807, 2.05) is 0 Å². The molecule has 0 bridgehead atoms. The number of hydrogen-bond acceptors (Lipinski definition) is 1. The summed E-state index contributed by atoms with van der Waals surface area (Å²) in [5.74, 6) is 0.490. The number of hydrogen-bond donors (Lipinski definition) is 0. The van der Waals surface area contributed by atoms with Gasteiger partial charge in [0, 0.05) is 22.1 Å². The molecule has 0 aromatic carbocycles. The van der Waals surface area contributed by atoms with Gasteiger partial charge in [-0.25, -0.2) is 0 Å². The third-order valence-corrected chi connectivity index (χ3v) is 9.80. The Morgan fingerprint density at radius 3 is 2.45 bits per heavy atom. The van der Waals surface area contributed by atoms with Gasteiger partial charge in [0.05, 0.1) is 6.10 Å². The van der Waals surface area contributed by atoms with Crippen LogP contribution in [0.5, 0.6) is 0 Å². The highest BCUT2D eigenvalue weighted by Crippen LogP contribution is 2.90. The van der Waals surface area contributed by atoms with Gasteiger partial charge in [0.1, 0.15) is 9.93 Å². The molecule has 1 nitrogen and oxygen atoms in total. The first-order chi connectivity index (χ1) is 9.19. The van der Waals surface area contributed by atoms with Crippen LogP contribution in [0.1, 0.15) is 52.9 Å². The summed E-state index contributed by atoms with van der Waals surface area (Å²) in [6.45, 7) is 7.13. The minimum Gasteiger partial charge on any atom is -0.365 e. The van der Waals surface area contributed by atoms with Crippen LogP contribution in [0.3, 0.4) is 0 Å². The molecule has 3 saturated carbocycles. The minimum atomic E-state index is -0.563. The zero-order chi connectivity index (χ0) is 14.6. The summed E-state index contributed by atoms with van der Waals surface area (Å²) in [7, 11) is 0. The van der Waals surface area contributed by atoms with E-state index in [1.165, 1.54) is 12.8 Å². The van der Waals surface area contributed by atoms with Crippen LogP contribution in [0.25, 0.3) is 0 Å². The molecule has 1 saturated heterocycles. The van der Waals surface area contributed by atoms with Crippen LogP contribution in [0.15, 0.2) is 0 Å². The van der Waals surface area contributed by atoms with Gasteiger partial charge in [0.25, 0.3) is 0 Å². The van der Waals surface area contributed by atoms with Crippen molar-refractivity contribution >= 4 is 39.1 Å². The maximum Gasteiger partial charge on any atom is 0.130 e. The van der Waals surface area contributed by atoms with E-state index in [2.05, 4.69) is 36.7 Å². The number of rotatable bonds is 1. The molecular formula is C16H23BrCl2O. The number of ether oxygens (including phenoxy) is 1. The lowest BCUT2D eigenvalue weighted by atomic mass is 9.59. The van der Waals surface area contributed by atoms with Gasteiger partial charge < -0.3 is 4.74 Å². The molecule has 4 heteroatoms. The fraction of sp³-hybridized carbons (Fsp3) is 1.00. The third-order valence-electron chi connectivity index (χ3n) is 7.34. The molecule has 1 spiro atoms. The minimum absolute atomic E-state index is 0.0654. The predicted molar refractivity (Wildman–Crippen MR) is 86.7 cm³/mol. The molecule has 0 aromatic heterocycles. The summed E-state index contributed by atoms with van der Waals surface area (Å²) >= 11 is 17.4. The normalized spacial score (nSPS) is 57.9. The highest BCUT2D eigenvalue weighted by molar-refractivity contribution is 9.09. The summed E-state index contributed by atoms with van der Waals surface area (Å²) in [4.78, 5) is 0. The van der Waals surface area contributed by atoms with E-state index >= 15 is 0 Å². The van der Waals surface area contributed by atoms with Gasteiger partial charge >= 0.3 is 0 Å². The molecule has 0 amide bonds. The number of halogens is 3. The van der Waals surface area contributed by atoms with Gasteiger partial charge in [-0.05, 0) is 31.1 Å². The van der Waals surface area contributed by atoms with Crippen LogP contribution in [-0.2, 0) is 4.74 Å². The Hall–Kier alpha value is 1.02. The zero-order valence-corrected chi connectivity index (χ0v) is 15.5. The molecule has 4 fully saturated rings. The number of epoxide rings is 1. The lowest BCUT2D eigenvalue weighted by Gasteiger charge is -2.43. The molecule has 1 aliphatic heterocycles. The van der Waals surface area contributed by atoms with Crippen LogP contribution < -0.4 is 0 Å². The van der Waals surface area contributed by atoms with E-state index in [4.69, 9.17) is 27.9 Å². The molecule has 20 heavy (non-hydrogen) atoms. The molecule has 5 atom stereocenters. The van der Waals surface area contributed by atoms with Crippen LogP contribution in [0.4, 0.5) is 0 Å². The van der Waals surface area contributed by atoms with E-state index in [9.17, 15) is 0 Å². The Morgan fingerprint density at radius 2 is 1.80 bits per heavy atom. The standard InChI is InChI=1S/C16H23BrCl2O/c1-12(2)5-4-6-13(3)15(16(13,18)19)8-7-14(9-17)11(20-14)10(12)15/h10-11H,4-9H2,1-3H3/t10-,11+,13-,14+,15+/m1/s1. The Balaban J connectivity index is 1.84. The molecule has 0 radical (unpaired) electrons. The van der Waals surface area contributed by atoms with E-state index in [1.54, 1.807) is 0 Å². The maximum absolute atomic E-state index is 6.89. The van der Waals surface area contributed by atoms with Crippen LogP contribution in [0, 0.1) is 22.2 Å². The second-order valence-electron chi connectivity index (χ2n) is 8.43. The molecular weight excluding hydrogens is 359 g/mol. The van der Waals surface area contributed by atoms with Gasteiger partial charge in [-0.3, -0.25) is 0 Å². The Morgan fingerprint density at radius 1 is 1.10 bits per heavy atom. The molecule has 3 aliphatic carbocycles. The molecule has 1 heterocycles. The topological polar surface area (TPSA) is 12.5 Å². The Kier molecular flexibility index (Phi) is 2.73. The quantitative estimate of drug-likeness (QED) is 0.442. The van der Waals surface area contributed by atoms with E-state index < -0.39 is 4.33 Å². The van der Waals surface area contributed by atoms with Crippen molar-refractivity contribution < 1.29 is 4.74 Å². The first-order valence-electron chi connectivity index (χ1n) is 7.80. The van der Waals surface area contributed by atoms with Gasteiger partial charge in [0.2, 0.25) is 0 Å². The first kappa shape index (κ1) is 14.6. The maximum atomic E-state index is 6.89. The number of fused-ring (bicyclic) bond motifs is 2. The SMILES string of the molecule is CC1(C)CCC[C@@]2(C)C(Cl)(Cl)[C@]23CC[C@@]2(CBr)O[C@H]2[C@H]13. The van der Waals surface area contributed by atoms with Crippen molar-refractivity contribution in [3.63, 3.8) is 0 Å². The second kappa shape index (κ2) is 3.74. The molecule has 4 rings (SSSR count). The second-order valence-corrected chi connectivity index (χ2v) is 10.3. The summed E-state index contributed by atoms with van der Waals surface area (Å²) in [6, 6.07) is 0. The summed E-state index contributed by atoms with van der Waals surface area (Å²) in [5, 5.41) is 0.946. The molecule has 0 unspecified atom stereocenters. The van der Waals surface area contributed by atoms with Crippen LogP contribution in [0.2, 0.25) is 0 Å². The number of alkyl halides is 3. The zero-order valence-electron chi connectivity index (χ0n) is 12.4. The summed E-state index contributed by atoms with van der Waals surface area (Å²) < 4.78 is 5.68. The first-order valence-corrected chi connectivity index (χ1v) is 9.68. The highest BCUT2D eigenvalue weighted by Gasteiger charge is 2.91. The van der Waals surface area contributed by atoms with E-state index in [-0.39, 0.29) is 21.8 Å². The van der Waals surface area contributed by atoms with E-state index in [0.717, 1.165) is 24.6 Å². The van der Waals surface area contributed by atoms with Gasteiger partial charge in [-0.2, -0.15) is 0 Å². The summed E-state index contributed by atoms with van der Waals surface area (Å²) in [5.41, 5.74) is 0.477. The van der Waals surface area contributed by atoms with Crippen molar-refractivity contribution in [1.29, 1.82) is 0 Å². The van der Waals surface area contributed by atoms with Gasteiger partial charge in [-0.15, -0.1) is 23.2 Å². The third kappa shape index (κ3) is 1.30. The smallest absolute Gasteiger partial charge is 0.130 e. The fourth-order valence-corrected chi connectivity index (χ4v) is 8.07. The summed E-state index contributed by atoms with van der Waals surface area (Å²) in [6.07, 6.45) is 6.23.